The van der Waals surface area contributed by atoms with Crippen LogP contribution in [0.15, 0.2) is 12.1 Å². The Morgan fingerprint density at radius 2 is 1.95 bits per heavy atom. The zero-order valence-electron chi connectivity index (χ0n) is 13.7. The number of phenols is 1. The third kappa shape index (κ3) is 2.71. The van der Waals surface area contributed by atoms with E-state index in [2.05, 4.69) is 46.9 Å². The molecule has 0 saturated heterocycles. The highest BCUT2D eigenvalue weighted by molar-refractivity contribution is 5.50. The van der Waals surface area contributed by atoms with Crippen LogP contribution in [0.5, 0.6) is 5.75 Å². The molecule has 0 aliphatic heterocycles. The van der Waals surface area contributed by atoms with Crippen LogP contribution < -0.4 is 5.32 Å². The van der Waals surface area contributed by atoms with E-state index in [0.29, 0.717) is 17.6 Å². The van der Waals surface area contributed by atoms with Crippen LogP contribution in [-0.2, 0) is 0 Å². The lowest BCUT2D eigenvalue weighted by molar-refractivity contribution is 0.226. The molecular weight excluding hydrogens is 246 g/mol. The van der Waals surface area contributed by atoms with Crippen molar-refractivity contribution in [1.29, 1.82) is 0 Å². The molecule has 0 heterocycles. The van der Waals surface area contributed by atoms with Crippen molar-refractivity contribution < 1.29 is 5.11 Å². The van der Waals surface area contributed by atoms with Crippen molar-refractivity contribution in [2.45, 2.75) is 59.9 Å². The minimum absolute atomic E-state index is 0.269. The molecule has 0 spiro atoms. The molecular formula is C18H29NO. The number of aromatic hydroxyl groups is 1. The fourth-order valence-corrected chi connectivity index (χ4v) is 3.12. The van der Waals surface area contributed by atoms with Crippen LogP contribution in [0.4, 0.5) is 0 Å². The highest BCUT2D eigenvalue weighted by Crippen LogP contribution is 2.46. The average molecular weight is 275 g/mol. The molecule has 0 aromatic heterocycles. The zero-order valence-corrected chi connectivity index (χ0v) is 13.7. The van der Waals surface area contributed by atoms with Crippen LogP contribution in [0.3, 0.4) is 0 Å². The second kappa shape index (κ2) is 5.40. The molecule has 2 nitrogen and oxygen atoms in total. The lowest BCUT2D eigenvalue weighted by atomic mass is 9.81. The first-order chi connectivity index (χ1) is 9.24. The molecule has 2 heteroatoms. The van der Waals surface area contributed by atoms with Crippen LogP contribution in [0.2, 0.25) is 0 Å². The maximum absolute atomic E-state index is 10.2. The second-order valence-electron chi connectivity index (χ2n) is 7.44. The van der Waals surface area contributed by atoms with Crippen LogP contribution in [0, 0.1) is 18.3 Å². The van der Waals surface area contributed by atoms with E-state index in [9.17, 15) is 5.11 Å². The number of hydrogen-bond acceptors (Lipinski definition) is 2. The smallest absolute Gasteiger partial charge is 0.120 e. The van der Waals surface area contributed by atoms with Gasteiger partial charge in [-0.15, -0.1) is 0 Å². The molecule has 2 rings (SSSR count). The van der Waals surface area contributed by atoms with Gasteiger partial charge < -0.3 is 10.4 Å². The van der Waals surface area contributed by atoms with E-state index in [1.165, 1.54) is 11.1 Å². The molecule has 2 unspecified atom stereocenters. The van der Waals surface area contributed by atoms with Gasteiger partial charge in [-0.1, -0.05) is 40.7 Å². The van der Waals surface area contributed by atoms with E-state index in [-0.39, 0.29) is 11.5 Å². The van der Waals surface area contributed by atoms with E-state index in [1.54, 1.807) is 0 Å². The van der Waals surface area contributed by atoms with Crippen molar-refractivity contribution in [1.82, 2.24) is 5.32 Å². The van der Waals surface area contributed by atoms with Gasteiger partial charge in [0.15, 0.2) is 0 Å². The van der Waals surface area contributed by atoms with Gasteiger partial charge in [0.05, 0.1) is 0 Å². The van der Waals surface area contributed by atoms with Gasteiger partial charge in [0, 0.05) is 18.2 Å². The Balaban J connectivity index is 2.21. The number of nitrogens with one attached hydrogen (secondary N) is 1. The van der Waals surface area contributed by atoms with Gasteiger partial charge in [-0.05, 0) is 47.8 Å². The van der Waals surface area contributed by atoms with Gasteiger partial charge in [-0.3, -0.25) is 0 Å². The molecule has 0 fully saturated rings. The molecule has 1 aromatic rings. The first-order valence-corrected chi connectivity index (χ1v) is 7.79. The number of phenolic OH excluding ortho intramolecular Hbond substituents is 1. The minimum Gasteiger partial charge on any atom is -0.508 e. The van der Waals surface area contributed by atoms with Crippen molar-refractivity contribution in [3.05, 3.63) is 28.8 Å². The summed E-state index contributed by atoms with van der Waals surface area (Å²) in [5, 5.41) is 13.9. The van der Waals surface area contributed by atoms with Gasteiger partial charge in [0.2, 0.25) is 0 Å². The topological polar surface area (TPSA) is 32.3 Å². The molecule has 1 aliphatic carbocycles. The fourth-order valence-electron chi connectivity index (χ4n) is 3.12. The first-order valence-electron chi connectivity index (χ1n) is 7.79. The quantitative estimate of drug-likeness (QED) is 0.846. The van der Waals surface area contributed by atoms with E-state index in [0.717, 1.165) is 18.5 Å². The summed E-state index contributed by atoms with van der Waals surface area (Å²) >= 11 is 0. The monoisotopic (exact) mass is 275 g/mol. The lowest BCUT2D eigenvalue weighted by Crippen LogP contribution is -2.35. The van der Waals surface area contributed by atoms with Crippen LogP contribution in [-0.4, -0.2) is 11.7 Å². The Kier molecular flexibility index (Phi) is 4.15. The lowest BCUT2D eigenvalue weighted by Gasteiger charge is -2.31. The average Bonchev–Trinajstić information content (AvgIpc) is 2.70. The van der Waals surface area contributed by atoms with Crippen molar-refractivity contribution in [3.8, 4) is 5.75 Å². The van der Waals surface area contributed by atoms with Crippen LogP contribution in [0.25, 0.3) is 0 Å². The third-order valence-electron chi connectivity index (χ3n) is 5.28. The number of rotatable bonds is 4. The third-order valence-corrected chi connectivity index (χ3v) is 5.28. The summed E-state index contributed by atoms with van der Waals surface area (Å²) in [7, 11) is 0. The van der Waals surface area contributed by atoms with E-state index >= 15 is 0 Å². The number of fused-ring (bicyclic) bond motifs is 1. The fraction of sp³-hybridized carbons (Fsp3) is 0.667. The van der Waals surface area contributed by atoms with Crippen molar-refractivity contribution in [2.75, 3.05) is 6.54 Å². The highest BCUT2D eigenvalue weighted by Gasteiger charge is 2.33. The van der Waals surface area contributed by atoms with Gasteiger partial charge >= 0.3 is 0 Å². The van der Waals surface area contributed by atoms with E-state index in [1.807, 2.05) is 12.1 Å². The molecule has 0 amide bonds. The predicted molar refractivity (Wildman–Crippen MR) is 85.2 cm³/mol. The SMILES string of the molecule is Cc1ccc(O)c2c1C(C)CC2NCC(C)(C)C(C)C. The summed E-state index contributed by atoms with van der Waals surface area (Å²) in [5.41, 5.74) is 4.06. The zero-order chi connectivity index (χ0) is 15.1. The van der Waals surface area contributed by atoms with Gasteiger partial charge in [-0.2, -0.15) is 0 Å². The van der Waals surface area contributed by atoms with Crippen molar-refractivity contribution >= 4 is 0 Å². The summed E-state index contributed by atoms with van der Waals surface area (Å²) in [6.07, 6.45) is 1.09. The summed E-state index contributed by atoms with van der Waals surface area (Å²) in [4.78, 5) is 0. The second-order valence-corrected chi connectivity index (χ2v) is 7.44. The predicted octanol–water partition coefficient (Wildman–Crippen LogP) is 4.52. The Morgan fingerprint density at radius 1 is 1.30 bits per heavy atom. The van der Waals surface area contributed by atoms with Crippen LogP contribution in [0.1, 0.15) is 69.7 Å². The molecule has 112 valence electrons. The molecule has 1 aliphatic rings. The van der Waals surface area contributed by atoms with Crippen LogP contribution >= 0.6 is 0 Å². The van der Waals surface area contributed by atoms with Gasteiger partial charge in [0.25, 0.3) is 0 Å². The Hall–Kier alpha value is -1.02. The molecule has 0 saturated carbocycles. The molecule has 1 aromatic carbocycles. The van der Waals surface area contributed by atoms with Crippen molar-refractivity contribution in [3.63, 3.8) is 0 Å². The summed E-state index contributed by atoms with van der Waals surface area (Å²) < 4.78 is 0. The van der Waals surface area contributed by atoms with E-state index < -0.39 is 0 Å². The van der Waals surface area contributed by atoms with E-state index in [4.69, 9.17) is 0 Å². The summed E-state index contributed by atoms with van der Waals surface area (Å²) in [5.74, 6) is 1.62. The Bertz CT molecular complexity index is 490. The maximum atomic E-state index is 10.2. The normalized spacial score (nSPS) is 22.4. The van der Waals surface area contributed by atoms with Gasteiger partial charge in [-0.25, -0.2) is 0 Å². The highest BCUT2D eigenvalue weighted by atomic mass is 16.3. The largest absolute Gasteiger partial charge is 0.508 e. The number of aryl methyl sites for hydroxylation is 1. The standard InChI is InChI=1S/C18H29NO/c1-11(2)18(5,6)10-19-14-9-13(4)16-12(3)7-8-15(20)17(14)16/h7-8,11,13-14,19-20H,9-10H2,1-6H3. The minimum atomic E-state index is 0.269. The number of hydrogen-bond donors (Lipinski definition) is 2. The summed E-state index contributed by atoms with van der Waals surface area (Å²) in [6, 6.07) is 4.16. The van der Waals surface area contributed by atoms with Crippen molar-refractivity contribution in [2.24, 2.45) is 11.3 Å². The molecule has 2 N–H and O–H groups in total. The Labute approximate surface area is 123 Å². The maximum Gasteiger partial charge on any atom is 0.120 e. The first kappa shape index (κ1) is 15.4. The molecule has 0 bridgehead atoms. The summed E-state index contributed by atoms with van der Waals surface area (Å²) in [6.45, 7) is 14.5. The Morgan fingerprint density at radius 3 is 2.55 bits per heavy atom. The number of benzene rings is 1. The molecule has 2 atom stereocenters. The van der Waals surface area contributed by atoms with Gasteiger partial charge in [0.1, 0.15) is 5.75 Å². The molecule has 0 radical (unpaired) electrons. The molecule has 20 heavy (non-hydrogen) atoms.